The molecule has 1 aromatic heterocycles. The lowest BCUT2D eigenvalue weighted by molar-refractivity contribution is -0.138. The maximum atomic E-state index is 13.7. The van der Waals surface area contributed by atoms with Crippen LogP contribution < -0.4 is 15.8 Å². The molecule has 2 amide bonds. The van der Waals surface area contributed by atoms with Crippen LogP contribution in [-0.2, 0) is 11.0 Å². The van der Waals surface area contributed by atoms with Crippen molar-refractivity contribution in [2.45, 2.75) is 51.7 Å². The SMILES string of the molecule is CC(=O)N1CCC2(CC1)CC(C#Cc1ccc(N3CCN(C)[C@@H](C)C3)c(NC(=O)c3c[nH]c(=O)cc3C(F)(F)F)c1)C2. The number of benzene rings is 1. The average Bonchev–Trinajstić information content (AvgIpc) is 2.92. The summed E-state index contributed by atoms with van der Waals surface area (Å²) in [5.74, 6) is 5.95. The van der Waals surface area contributed by atoms with Crippen LogP contribution in [0, 0.1) is 23.2 Å². The predicted octanol–water partition coefficient (Wildman–Crippen LogP) is 4.18. The molecule has 42 heavy (non-hydrogen) atoms. The zero-order chi connectivity index (χ0) is 30.2. The molecule has 0 unspecified atom stereocenters. The highest BCUT2D eigenvalue weighted by Gasteiger charge is 2.45. The maximum absolute atomic E-state index is 13.7. The average molecular weight is 584 g/mol. The largest absolute Gasteiger partial charge is 0.417 e. The van der Waals surface area contributed by atoms with Crippen molar-refractivity contribution in [2.75, 3.05) is 50.0 Å². The Kier molecular flexibility index (Phi) is 8.12. The monoisotopic (exact) mass is 583 g/mol. The van der Waals surface area contributed by atoms with E-state index in [1.807, 2.05) is 24.1 Å². The highest BCUT2D eigenvalue weighted by molar-refractivity contribution is 6.07. The van der Waals surface area contributed by atoms with Gasteiger partial charge in [0.25, 0.3) is 5.91 Å². The van der Waals surface area contributed by atoms with Gasteiger partial charge in [-0.3, -0.25) is 14.4 Å². The Balaban J connectivity index is 1.37. The minimum Gasteiger partial charge on any atom is -0.367 e. The first-order chi connectivity index (χ1) is 19.8. The van der Waals surface area contributed by atoms with Gasteiger partial charge in [-0.1, -0.05) is 11.8 Å². The molecule has 0 bridgehead atoms. The number of rotatable bonds is 3. The number of halogens is 3. The predicted molar refractivity (Wildman–Crippen MR) is 154 cm³/mol. The number of alkyl halides is 3. The van der Waals surface area contributed by atoms with Gasteiger partial charge in [-0.2, -0.15) is 13.2 Å². The zero-order valence-electron chi connectivity index (χ0n) is 24.1. The number of nitrogens with one attached hydrogen (secondary N) is 2. The van der Waals surface area contributed by atoms with Crippen LogP contribution in [0.1, 0.15) is 61.0 Å². The van der Waals surface area contributed by atoms with Crippen molar-refractivity contribution in [3.63, 3.8) is 0 Å². The normalized spacial score (nSPS) is 21.0. The van der Waals surface area contributed by atoms with Crippen LogP contribution >= 0.6 is 0 Å². The van der Waals surface area contributed by atoms with Gasteiger partial charge < -0.3 is 25.0 Å². The molecule has 1 saturated carbocycles. The zero-order valence-corrected chi connectivity index (χ0v) is 24.1. The number of hydrogen-bond acceptors (Lipinski definition) is 5. The molecule has 2 aromatic rings. The van der Waals surface area contributed by atoms with Crippen molar-refractivity contribution in [1.82, 2.24) is 14.8 Å². The van der Waals surface area contributed by atoms with Crippen LogP contribution in [0.15, 0.2) is 35.3 Å². The van der Waals surface area contributed by atoms with E-state index < -0.39 is 28.8 Å². The Morgan fingerprint density at radius 1 is 1.10 bits per heavy atom. The fraction of sp³-hybridized carbons (Fsp3) is 0.516. The molecule has 2 aliphatic heterocycles. The summed E-state index contributed by atoms with van der Waals surface area (Å²) in [5.41, 5.74) is -0.920. The molecule has 3 aliphatic rings. The van der Waals surface area contributed by atoms with Crippen LogP contribution in [0.3, 0.4) is 0 Å². The highest BCUT2D eigenvalue weighted by atomic mass is 19.4. The second-order valence-corrected chi connectivity index (χ2v) is 12.0. The van der Waals surface area contributed by atoms with Crippen LogP contribution in [0.25, 0.3) is 0 Å². The first kappa shape index (κ1) is 29.7. The molecular formula is C31H36F3N5O3. The second-order valence-electron chi connectivity index (χ2n) is 12.0. The van der Waals surface area contributed by atoms with Crippen molar-refractivity contribution in [3.05, 3.63) is 57.5 Å². The fourth-order valence-electron chi connectivity index (χ4n) is 6.32. The third-order valence-corrected chi connectivity index (χ3v) is 9.07. The van der Waals surface area contributed by atoms with E-state index in [0.29, 0.717) is 36.1 Å². The molecule has 2 N–H and O–H groups in total. The molecule has 0 radical (unpaired) electrons. The molecule has 1 spiro atoms. The first-order valence-corrected chi connectivity index (χ1v) is 14.3. The van der Waals surface area contributed by atoms with Crippen molar-refractivity contribution in [2.24, 2.45) is 11.3 Å². The standard InChI is InChI=1S/C31H36F3N5O3/c1-20-19-39(13-12-37(20)3)27-7-6-22(4-5-23-16-30(17-23)8-10-38(11-9-30)21(2)40)14-26(27)36-29(42)24-18-35-28(41)15-25(24)31(32,33)34/h6-7,14-15,18,20,23H,8-13,16-17,19H2,1-3H3,(H,35,41)(H,36,42)/t20-/m0/s1. The number of hydrogen-bond donors (Lipinski definition) is 2. The number of amides is 2. The van der Waals surface area contributed by atoms with Gasteiger partial charge in [0.15, 0.2) is 0 Å². The summed E-state index contributed by atoms with van der Waals surface area (Å²) < 4.78 is 41.0. The number of aromatic nitrogens is 1. The minimum atomic E-state index is -4.87. The van der Waals surface area contributed by atoms with Gasteiger partial charge in [0.05, 0.1) is 22.5 Å². The quantitative estimate of drug-likeness (QED) is 0.530. The summed E-state index contributed by atoms with van der Waals surface area (Å²) in [6.45, 7) is 7.44. The number of H-pyrrole nitrogens is 1. The van der Waals surface area contributed by atoms with Crippen molar-refractivity contribution in [3.8, 4) is 11.8 Å². The molecule has 2 saturated heterocycles. The molecule has 3 fully saturated rings. The number of carbonyl (C=O) groups is 2. The number of piperazine rings is 1. The van der Waals surface area contributed by atoms with Crippen molar-refractivity contribution in [1.29, 1.82) is 0 Å². The number of anilines is 2. The van der Waals surface area contributed by atoms with Crippen molar-refractivity contribution < 1.29 is 22.8 Å². The lowest BCUT2D eigenvalue weighted by atomic mass is 9.58. The number of piperidine rings is 1. The van der Waals surface area contributed by atoms with E-state index in [4.69, 9.17) is 0 Å². The molecule has 5 rings (SSSR count). The fourth-order valence-corrected chi connectivity index (χ4v) is 6.32. The Hall–Kier alpha value is -3.78. The lowest BCUT2D eigenvalue weighted by Gasteiger charge is -2.50. The van der Waals surface area contributed by atoms with Gasteiger partial charge >= 0.3 is 6.18 Å². The maximum Gasteiger partial charge on any atom is 0.417 e. The molecular weight excluding hydrogens is 547 g/mol. The van der Waals surface area contributed by atoms with E-state index in [2.05, 4.69) is 38.9 Å². The van der Waals surface area contributed by atoms with Gasteiger partial charge in [0.1, 0.15) is 0 Å². The summed E-state index contributed by atoms with van der Waals surface area (Å²) in [6.07, 6.45) is -0.118. The minimum absolute atomic E-state index is 0.119. The molecule has 8 nitrogen and oxygen atoms in total. The first-order valence-electron chi connectivity index (χ1n) is 14.3. The topological polar surface area (TPSA) is 88.8 Å². The Morgan fingerprint density at radius 2 is 1.81 bits per heavy atom. The molecule has 11 heteroatoms. The van der Waals surface area contributed by atoms with Gasteiger partial charge in [-0.15, -0.1) is 0 Å². The number of aromatic amines is 1. The molecule has 3 heterocycles. The third-order valence-electron chi connectivity index (χ3n) is 9.07. The van der Waals surface area contributed by atoms with E-state index in [1.54, 1.807) is 13.0 Å². The van der Waals surface area contributed by atoms with Crippen LogP contribution in [0.4, 0.5) is 24.5 Å². The van der Waals surface area contributed by atoms with Crippen LogP contribution in [-0.4, -0.2) is 72.4 Å². The Labute approximate surface area is 243 Å². The van der Waals surface area contributed by atoms with Gasteiger partial charge in [0.2, 0.25) is 11.5 Å². The number of nitrogens with zero attached hydrogens (tertiary/aromatic N) is 3. The number of pyridine rings is 1. The molecule has 224 valence electrons. The van der Waals surface area contributed by atoms with Gasteiger partial charge in [-0.25, -0.2) is 0 Å². The number of carbonyl (C=O) groups excluding carboxylic acids is 2. The summed E-state index contributed by atoms with van der Waals surface area (Å²) >= 11 is 0. The summed E-state index contributed by atoms with van der Waals surface area (Å²) in [5, 5.41) is 2.68. The lowest BCUT2D eigenvalue weighted by Crippen LogP contribution is -2.50. The molecule has 1 aromatic carbocycles. The van der Waals surface area contributed by atoms with Gasteiger partial charge in [0, 0.05) is 69.4 Å². The van der Waals surface area contributed by atoms with E-state index >= 15 is 0 Å². The summed E-state index contributed by atoms with van der Waals surface area (Å²) in [6, 6.07) is 6.08. The van der Waals surface area contributed by atoms with E-state index in [0.717, 1.165) is 51.5 Å². The third kappa shape index (κ3) is 6.33. The van der Waals surface area contributed by atoms with Crippen LogP contribution in [0.2, 0.25) is 0 Å². The Bertz CT molecular complexity index is 1480. The van der Waals surface area contributed by atoms with E-state index in [1.165, 1.54) is 0 Å². The van der Waals surface area contributed by atoms with E-state index in [-0.39, 0.29) is 23.3 Å². The van der Waals surface area contributed by atoms with Gasteiger partial charge in [-0.05, 0) is 63.3 Å². The Morgan fingerprint density at radius 3 is 2.45 bits per heavy atom. The number of likely N-dealkylation sites (tertiary alicyclic amines) is 1. The highest BCUT2D eigenvalue weighted by Crippen LogP contribution is 2.52. The molecule has 1 aliphatic carbocycles. The summed E-state index contributed by atoms with van der Waals surface area (Å²) in [4.78, 5) is 44.9. The number of likely N-dealkylation sites (N-methyl/N-ethyl adjacent to an activating group) is 1. The summed E-state index contributed by atoms with van der Waals surface area (Å²) in [7, 11) is 2.04. The van der Waals surface area contributed by atoms with E-state index in [9.17, 15) is 27.6 Å². The van der Waals surface area contributed by atoms with Crippen molar-refractivity contribution >= 4 is 23.2 Å². The smallest absolute Gasteiger partial charge is 0.367 e. The molecule has 1 atom stereocenters. The second kappa shape index (κ2) is 11.5. The van der Waals surface area contributed by atoms with Crippen LogP contribution in [0.5, 0.6) is 0 Å².